The van der Waals surface area contributed by atoms with E-state index < -0.39 is 22.6 Å². The van der Waals surface area contributed by atoms with Gasteiger partial charge >= 0.3 is 5.97 Å². The maximum absolute atomic E-state index is 11.3. The minimum absolute atomic E-state index is 0.187. The molecule has 2 unspecified atom stereocenters. The van der Waals surface area contributed by atoms with Crippen molar-refractivity contribution in [1.82, 2.24) is 0 Å². The van der Waals surface area contributed by atoms with E-state index in [1.165, 1.54) is 0 Å². The molecule has 0 saturated heterocycles. The van der Waals surface area contributed by atoms with Crippen LogP contribution in [-0.2, 0) is 4.79 Å². The van der Waals surface area contributed by atoms with Crippen molar-refractivity contribution in [3.05, 3.63) is 0 Å². The summed E-state index contributed by atoms with van der Waals surface area (Å²) in [6, 6.07) is 0. The van der Waals surface area contributed by atoms with Gasteiger partial charge in [-0.05, 0) is 38.0 Å². The maximum Gasteiger partial charge on any atom is 0.309 e. The Morgan fingerprint density at radius 2 is 1.53 bits per heavy atom. The molecule has 0 spiro atoms. The van der Waals surface area contributed by atoms with Crippen LogP contribution in [0.3, 0.4) is 0 Å². The summed E-state index contributed by atoms with van der Waals surface area (Å²) >= 11 is 0. The Morgan fingerprint density at radius 3 is 1.93 bits per heavy atom. The van der Waals surface area contributed by atoms with Crippen LogP contribution >= 0.6 is 0 Å². The lowest BCUT2D eigenvalue weighted by atomic mass is 9.46. The Kier molecular flexibility index (Phi) is 1.52. The van der Waals surface area contributed by atoms with Gasteiger partial charge in [-0.1, -0.05) is 0 Å². The first kappa shape index (κ1) is 9.60. The molecule has 4 heteroatoms. The molecule has 4 aliphatic rings. The van der Waals surface area contributed by atoms with E-state index >= 15 is 0 Å². The van der Waals surface area contributed by atoms with Gasteiger partial charge in [0.2, 0.25) is 0 Å². The molecule has 84 valence electrons. The molecule has 0 aromatic carbocycles. The molecule has 4 fully saturated rings. The third-order valence-electron chi connectivity index (χ3n) is 4.46. The number of aliphatic hydroxyl groups is 2. The lowest BCUT2D eigenvalue weighted by Gasteiger charge is -2.61. The fraction of sp³-hybridized carbons (Fsp3) is 0.909. The van der Waals surface area contributed by atoms with Crippen molar-refractivity contribution in [1.29, 1.82) is 0 Å². The van der Waals surface area contributed by atoms with Crippen LogP contribution in [0.15, 0.2) is 0 Å². The molecule has 0 amide bonds. The van der Waals surface area contributed by atoms with Crippen molar-refractivity contribution in [2.75, 3.05) is 0 Å². The average molecular weight is 212 g/mol. The summed E-state index contributed by atoms with van der Waals surface area (Å²) in [7, 11) is 0. The van der Waals surface area contributed by atoms with Crippen molar-refractivity contribution < 1.29 is 20.1 Å². The number of aliphatic carboxylic acids is 1. The van der Waals surface area contributed by atoms with Gasteiger partial charge in [0.1, 0.15) is 0 Å². The topological polar surface area (TPSA) is 77.8 Å². The molecule has 15 heavy (non-hydrogen) atoms. The number of rotatable bonds is 1. The van der Waals surface area contributed by atoms with Gasteiger partial charge in [0.15, 0.2) is 0 Å². The van der Waals surface area contributed by atoms with Crippen molar-refractivity contribution in [2.45, 2.75) is 49.7 Å². The number of carboxylic acids is 1. The molecule has 0 radical (unpaired) electrons. The molecule has 4 nitrogen and oxygen atoms in total. The number of hydrogen-bond donors (Lipinski definition) is 3. The quantitative estimate of drug-likeness (QED) is 0.592. The van der Waals surface area contributed by atoms with E-state index in [0.29, 0.717) is 38.5 Å². The van der Waals surface area contributed by atoms with E-state index in [9.17, 15) is 20.1 Å². The standard InChI is InChI=1S/C11H16O4/c12-8(13)9-1-7-2-10(14,4-9)6-11(15,3-7)5-9/h7,14-15H,1-6H2,(H,12,13). The molecule has 0 heterocycles. The molecule has 3 N–H and O–H groups in total. The molecule has 4 aliphatic carbocycles. The molecule has 4 bridgehead atoms. The van der Waals surface area contributed by atoms with Crippen molar-refractivity contribution in [2.24, 2.45) is 11.3 Å². The van der Waals surface area contributed by atoms with Crippen LogP contribution in [0.25, 0.3) is 0 Å². The van der Waals surface area contributed by atoms with E-state index in [2.05, 4.69) is 0 Å². The number of carboxylic acid groups (broad SMARTS) is 1. The molecular formula is C11H16O4. The summed E-state index contributed by atoms with van der Waals surface area (Å²) in [6.07, 6.45) is 3.00. The number of carbonyl (C=O) groups is 1. The summed E-state index contributed by atoms with van der Waals surface area (Å²) in [5.74, 6) is -0.657. The Morgan fingerprint density at radius 1 is 1.00 bits per heavy atom. The van der Waals surface area contributed by atoms with E-state index in [1.807, 2.05) is 0 Å². The second-order valence-electron chi connectivity index (χ2n) is 6.04. The van der Waals surface area contributed by atoms with Crippen molar-refractivity contribution in [3.8, 4) is 0 Å². The smallest absolute Gasteiger partial charge is 0.309 e. The summed E-state index contributed by atoms with van der Waals surface area (Å²) in [4.78, 5) is 11.3. The lowest BCUT2D eigenvalue weighted by Crippen LogP contribution is -2.65. The van der Waals surface area contributed by atoms with Crippen LogP contribution in [0.2, 0.25) is 0 Å². The maximum atomic E-state index is 11.3. The van der Waals surface area contributed by atoms with Gasteiger partial charge in [0, 0.05) is 6.42 Å². The van der Waals surface area contributed by atoms with Crippen LogP contribution in [0.5, 0.6) is 0 Å². The van der Waals surface area contributed by atoms with Gasteiger partial charge in [-0.3, -0.25) is 4.79 Å². The van der Waals surface area contributed by atoms with Gasteiger partial charge in [-0.25, -0.2) is 0 Å². The van der Waals surface area contributed by atoms with Crippen LogP contribution < -0.4 is 0 Å². The predicted molar refractivity (Wildman–Crippen MR) is 51.2 cm³/mol. The summed E-state index contributed by atoms with van der Waals surface area (Å²) < 4.78 is 0. The summed E-state index contributed by atoms with van der Waals surface area (Å²) in [5.41, 5.74) is -2.71. The molecule has 4 rings (SSSR count). The minimum Gasteiger partial charge on any atom is -0.481 e. The van der Waals surface area contributed by atoms with Gasteiger partial charge in [0.25, 0.3) is 0 Å². The van der Waals surface area contributed by atoms with Gasteiger partial charge in [-0.2, -0.15) is 0 Å². The molecule has 2 atom stereocenters. The molecular weight excluding hydrogens is 196 g/mol. The van der Waals surface area contributed by atoms with E-state index in [4.69, 9.17) is 0 Å². The largest absolute Gasteiger partial charge is 0.481 e. The first-order valence-corrected chi connectivity index (χ1v) is 5.53. The van der Waals surface area contributed by atoms with Gasteiger partial charge < -0.3 is 15.3 Å². The van der Waals surface area contributed by atoms with Gasteiger partial charge in [-0.15, -0.1) is 0 Å². The third kappa shape index (κ3) is 1.18. The molecule has 0 aromatic rings. The Labute approximate surface area is 87.9 Å². The first-order valence-electron chi connectivity index (χ1n) is 5.53. The Balaban J connectivity index is 2.05. The van der Waals surface area contributed by atoms with Crippen LogP contribution in [0, 0.1) is 11.3 Å². The fourth-order valence-electron chi connectivity index (χ4n) is 4.58. The van der Waals surface area contributed by atoms with Crippen molar-refractivity contribution in [3.63, 3.8) is 0 Å². The summed E-state index contributed by atoms with van der Waals surface area (Å²) in [6.45, 7) is 0. The highest BCUT2D eigenvalue weighted by Crippen LogP contribution is 2.63. The second-order valence-corrected chi connectivity index (χ2v) is 6.04. The van der Waals surface area contributed by atoms with Crippen LogP contribution in [0.1, 0.15) is 38.5 Å². The van der Waals surface area contributed by atoms with Gasteiger partial charge in [0.05, 0.1) is 16.6 Å². The minimum atomic E-state index is -0.924. The molecule has 4 saturated carbocycles. The van der Waals surface area contributed by atoms with Crippen molar-refractivity contribution >= 4 is 5.97 Å². The summed E-state index contributed by atoms with van der Waals surface area (Å²) in [5, 5.41) is 29.8. The molecule has 0 aromatic heterocycles. The highest BCUT2D eigenvalue weighted by molar-refractivity contribution is 5.76. The van der Waals surface area contributed by atoms with Crippen LogP contribution in [-0.4, -0.2) is 32.5 Å². The fourth-order valence-corrected chi connectivity index (χ4v) is 4.58. The zero-order valence-corrected chi connectivity index (χ0v) is 8.57. The third-order valence-corrected chi connectivity index (χ3v) is 4.46. The second kappa shape index (κ2) is 2.38. The first-order chi connectivity index (χ1) is 6.85. The van der Waals surface area contributed by atoms with Crippen LogP contribution in [0.4, 0.5) is 0 Å². The van der Waals surface area contributed by atoms with E-state index in [1.54, 1.807) is 0 Å². The number of hydrogen-bond acceptors (Lipinski definition) is 3. The lowest BCUT2D eigenvalue weighted by molar-refractivity contribution is -0.235. The highest BCUT2D eigenvalue weighted by Gasteiger charge is 2.65. The average Bonchev–Trinajstić information content (AvgIpc) is 1.95. The zero-order valence-electron chi connectivity index (χ0n) is 8.57. The van der Waals surface area contributed by atoms with E-state index in [0.717, 1.165) is 0 Å². The molecule has 0 aliphatic heterocycles. The van der Waals surface area contributed by atoms with E-state index in [-0.39, 0.29) is 5.92 Å². The Hall–Kier alpha value is -0.610. The monoisotopic (exact) mass is 212 g/mol. The SMILES string of the molecule is O=C(O)C12CC3CC(O)(CC(O)(C3)C1)C2. The highest BCUT2D eigenvalue weighted by atomic mass is 16.4. The zero-order chi connectivity index (χ0) is 10.9. The Bertz CT molecular complexity index is 319. The normalized spacial score (nSPS) is 57.1. The predicted octanol–water partition coefficient (Wildman–Crippen LogP) is 0.517.